The number of benzene rings is 4. The number of pyridine rings is 7. The quantitative estimate of drug-likeness (QED) is 0.0147. The first-order valence-corrected chi connectivity index (χ1v) is 46.3. The van der Waals surface area contributed by atoms with E-state index in [4.69, 9.17) is 68.7 Å². The van der Waals surface area contributed by atoms with Crippen molar-refractivity contribution < 1.29 is 29.1 Å². The third-order valence-corrected chi connectivity index (χ3v) is 36.2. The van der Waals surface area contributed by atoms with E-state index in [1.165, 1.54) is 6.20 Å². The highest BCUT2D eigenvalue weighted by Crippen LogP contribution is 2.47. The topological polar surface area (TPSA) is 272 Å². The zero-order chi connectivity index (χ0) is 86.4. The van der Waals surface area contributed by atoms with Crippen molar-refractivity contribution in [2.75, 3.05) is 16.4 Å². The molecule has 0 aliphatic carbocycles. The number of nitrogens with zero attached hydrogens (tertiary/aromatic N) is 9. The molecule has 0 saturated carbocycles. The molecular formula is C99H126Br2Cl5N13O6Si2. The first-order valence-electron chi connectivity index (χ1n) is 38.5. The molecule has 19 nitrogen and oxygen atoms in total. The Balaban J connectivity index is 0.000000797. The molecule has 127 heavy (non-hydrogen) atoms. The van der Waals surface area contributed by atoms with Gasteiger partial charge < -0.3 is 34.9 Å². The largest absolute Gasteiger partial charge is 0.399 e. The Morgan fingerprint density at radius 2 is 0.843 bits per heavy atom. The van der Waals surface area contributed by atoms with E-state index < -0.39 is 27.8 Å². The molecule has 0 bridgehead atoms. The fraction of sp³-hybridized carbons (Fsp3) is 0.293. The molecule has 0 aliphatic rings. The number of aromatic amines is 1. The lowest BCUT2D eigenvalue weighted by Gasteiger charge is -2.44. The van der Waals surface area contributed by atoms with E-state index >= 15 is 0 Å². The van der Waals surface area contributed by atoms with Crippen LogP contribution in [0.15, 0.2) is 253 Å². The predicted molar refractivity (Wildman–Crippen MR) is 551 cm³/mol. The van der Waals surface area contributed by atoms with Crippen LogP contribution < -0.4 is 16.4 Å². The molecular weight excluding hydrogens is 1860 g/mol. The number of nitrogens with one attached hydrogen (secondary N) is 3. The van der Waals surface area contributed by atoms with Gasteiger partial charge in [-0.15, -0.1) is 0 Å². The monoisotopic (exact) mass is 1980 g/mol. The van der Waals surface area contributed by atoms with E-state index in [0.717, 1.165) is 93.3 Å². The lowest BCUT2D eigenvalue weighted by atomic mass is 10.0. The molecule has 14 aromatic rings. The molecule has 4 aromatic carbocycles. The number of ketones is 1. The van der Waals surface area contributed by atoms with E-state index in [9.17, 15) is 29.1 Å². The number of aliphatic hydroxyl groups excluding tert-OH is 1. The van der Waals surface area contributed by atoms with Crippen LogP contribution in [0.3, 0.4) is 0 Å². The first kappa shape index (κ1) is 115. The molecule has 14 rings (SSSR count). The fourth-order valence-corrected chi connectivity index (χ4v) is 29.7. The summed E-state index contributed by atoms with van der Waals surface area (Å²) in [4.78, 5) is 92.0. The van der Waals surface area contributed by atoms with Crippen molar-refractivity contribution in [1.82, 2.24) is 48.3 Å². The number of hydrogen-bond acceptors (Lipinski definition) is 14. The van der Waals surface area contributed by atoms with Crippen molar-refractivity contribution in [3.05, 3.63) is 329 Å². The van der Waals surface area contributed by atoms with Gasteiger partial charge in [-0.25, -0.2) is 15.0 Å². The molecule has 28 heteroatoms. The molecule has 0 saturated heterocycles. The maximum absolute atomic E-state index is 12.7. The Morgan fingerprint density at radius 1 is 0.457 bits per heavy atom. The number of hydrogen-bond donors (Lipinski definition) is 5. The Labute approximate surface area is 796 Å². The van der Waals surface area contributed by atoms with E-state index in [2.05, 4.69) is 181 Å². The van der Waals surface area contributed by atoms with E-state index in [1.54, 1.807) is 146 Å². The van der Waals surface area contributed by atoms with Crippen LogP contribution in [-0.2, 0) is 12.8 Å². The summed E-state index contributed by atoms with van der Waals surface area (Å²) in [7, 11) is -3.96. The second-order valence-electron chi connectivity index (χ2n) is 30.0. The molecule has 1 atom stereocenters. The van der Waals surface area contributed by atoms with Gasteiger partial charge in [0.15, 0.2) is 28.5 Å². The van der Waals surface area contributed by atoms with Crippen molar-refractivity contribution >= 4 is 186 Å². The minimum absolute atomic E-state index is 0. The summed E-state index contributed by atoms with van der Waals surface area (Å²) in [6.07, 6.45) is 19.1. The summed E-state index contributed by atoms with van der Waals surface area (Å²) in [6.45, 7) is 27.8. The molecule has 1 unspecified atom stereocenters. The van der Waals surface area contributed by atoms with Crippen molar-refractivity contribution in [1.29, 1.82) is 0 Å². The van der Waals surface area contributed by atoms with Crippen LogP contribution in [0.2, 0.25) is 53.3 Å². The number of anilines is 3. The average molecular weight is 1990 g/mol. The third kappa shape index (κ3) is 29.6. The third-order valence-electron chi connectivity index (χ3n) is 20.6. The van der Waals surface area contributed by atoms with Crippen LogP contribution in [0.4, 0.5) is 17.1 Å². The summed E-state index contributed by atoms with van der Waals surface area (Å²) in [5.41, 5.74) is 20.0. The number of H-pyrrole nitrogens is 1. The smallest absolute Gasteiger partial charge is 0.274 e. The maximum atomic E-state index is 12.7. The number of aldehydes is 1. The SMILES string of the molecule is C.C.C.C.C.C.C.C.CC(C)[Si](C(C)C)(C(C)C)n1cc(C(O)c2ccc(C(=O)Nc3ccc(Cl)cc3)nc2)c2cccnc21.CC(C)[Si](C(C)C)(C(C)C)n1cc(C=O)c2cccnc21.Nc1ccc(Cl)cc1.O=C(Cc1ccc(Cl)cc1)c1ccc(Br)cn1.O=C(Cl)c1ccc(Br)cn1.O=C(Nc1ccc(Cl)cc1)c1ccc(Cc2c[nH]c3ncccc23)cn1. The second kappa shape index (κ2) is 53.8. The minimum atomic E-state index is -2.09. The standard InChI is InChI=1S/C29H35ClN4O2Si.C20H15ClN4O.C17H26N2OSi.C13H9BrClNO.C6H3BrClNO.C6H6ClN.8CH4/c1-18(2)37(19(3)4,20(5)6)34-17-25(24-8-7-15-31-28(24)34)27(35)21-9-14-26(32-16-21)29(36)33-23-12-10-22(30)11-13-23;21-15-4-6-16(7-5-15)25-20(26)18-8-3-13(11-23-18)10-14-12-24-19-17(14)2-1-9-22-19;1-12(2)21(13(3)4,14(5)6)19-10-15(11-20)16-8-7-9-18-17(16)19;14-10-3-6-12(16-8-10)13(17)7-9-1-4-11(15)5-2-9;7-4-1-2-5(6(8)10)9-3-4;7-5-1-3-6(8)4-2-5;;;;;;;;/h7-20,27,35H,1-6H3,(H,33,36);1-9,11-12H,10H2,(H,22,24)(H,25,26);7-14H,1-6H3;1-6,8H,7H2;1-3H;1-4H,8H2;8*1H4. The van der Waals surface area contributed by atoms with Gasteiger partial charge in [-0.05, 0) is 251 Å². The number of nitrogens with two attached hydrogens (primary N) is 1. The van der Waals surface area contributed by atoms with Crippen LogP contribution in [0, 0.1) is 0 Å². The number of nitrogen functional groups attached to an aromatic ring is 1. The predicted octanol–water partition coefficient (Wildman–Crippen LogP) is 29.9. The highest BCUT2D eigenvalue weighted by molar-refractivity contribution is 9.10. The van der Waals surface area contributed by atoms with Crippen LogP contribution in [0.5, 0.6) is 0 Å². The van der Waals surface area contributed by atoms with Crippen LogP contribution in [0.25, 0.3) is 33.1 Å². The number of amides is 2. The lowest BCUT2D eigenvalue weighted by Crippen LogP contribution is -2.51. The number of carbonyl (C=O) groups is 5. The van der Waals surface area contributed by atoms with Gasteiger partial charge in [0, 0.05) is 154 Å². The lowest BCUT2D eigenvalue weighted by molar-refractivity contribution is 0.0984. The normalized spacial score (nSPS) is 10.8. The van der Waals surface area contributed by atoms with Gasteiger partial charge in [-0.3, -0.25) is 43.9 Å². The van der Waals surface area contributed by atoms with Crippen molar-refractivity contribution in [2.45, 2.75) is 195 Å². The minimum Gasteiger partial charge on any atom is -0.399 e. The van der Waals surface area contributed by atoms with E-state index in [1.807, 2.05) is 79.3 Å². The number of halogens is 7. The van der Waals surface area contributed by atoms with Crippen molar-refractivity contribution in [3.63, 3.8) is 0 Å². The molecule has 680 valence electrons. The zero-order valence-corrected chi connectivity index (χ0v) is 76.8. The molecule has 10 heterocycles. The van der Waals surface area contributed by atoms with Gasteiger partial charge in [-0.2, -0.15) is 0 Å². The van der Waals surface area contributed by atoms with Crippen LogP contribution in [0.1, 0.15) is 229 Å². The van der Waals surface area contributed by atoms with Gasteiger partial charge in [-0.1, -0.05) is 213 Å². The van der Waals surface area contributed by atoms with Crippen molar-refractivity contribution in [3.8, 4) is 0 Å². The highest BCUT2D eigenvalue weighted by Gasteiger charge is 2.48. The second-order valence-corrected chi connectivity index (χ2v) is 45.4. The van der Waals surface area contributed by atoms with Crippen LogP contribution in [-0.4, -0.2) is 99.0 Å². The summed E-state index contributed by atoms with van der Waals surface area (Å²) in [5.74, 6) is -0.583. The summed E-state index contributed by atoms with van der Waals surface area (Å²) < 4.78 is 6.50. The molecule has 2 amide bonds. The van der Waals surface area contributed by atoms with Crippen LogP contribution >= 0.6 is 89.9 Å². The summed E-state index contributed by atoms with van der Waals surface area (Å²) >= 11 is 34.7. The van der Waals surface area contributed by atoms with Gasteiger partial charge in [0.2, 0.25) is 0 Å². The fourth-order valence-electron chi connectivity index (χ4n) is 15.5. The summed E-state index contributed by atoms with van der Waals surface area (Å²) in [6, 6.07) is 53.8. The number of Topliss-reactive ketones (excluding diaryl/α,β-unsaturated/α-hetero) is 1. The Kier molecular flexibility index (Phi) is 48.8. The Morgan fingerprint density at radius 3 is 1.25 bits per heavy atom. The molecule has 0 spiro atoms. The molecule has 0 fully saturated rings. The highest BCUT2D eigenvalue weighted by atomic mass is 79.9. The Bertz CT molecular complexity index is 5650. The van der Waals surface area contributed by atoms with E-state index in [0.29, 0.717) is 83.1 Å². The average Bonchev–Trinajstić information content (AvgIpc) is 1.63. The first-order chi connectivity index (χ1) is 56.8. The molecule has 10 aromatic heterocycles. The maximum Gasteiger partial charge on any atom is 0.274 e. The molecule has 0 radical (unpaired) electrons. The number of aromatic nitrogens is 10. The number of aliphatic hydroxyl groups is 1. The van der Waals surface area contributed by atoms with Gasteiger partial charge in [0.1, 0.15) is 45.8 Å². The number of rotatable bonds is 21. The molecule has 6 N–H and O–H groups in total. The van der Waals surface area contributed by atoms with Gasteiger partial charge in [0.05, 0.1) is 0 Å². The van der Waals surface area contributed by atoms with Gasteiger partial charge in [0.25, 0.3) is 17.1 Å². The van der Waals surface area contributed by atoms with Gasteiger partial charge >= 0.3 is 0 Å². The molecule has 0 aliphatic heterocycles. The number of carbonyl (C=O) groups excluding carboxylic acids is 5. The zero-order valence-electron chi connectivity index (χ0n) is 67.9. The van der Waals surface area contributed by atoms with Crippen molar-refractivity contribution in [2.24, 2.45) is 0 Å². The van der Waals surface area contributed by atoms with E-state index in [-0.39, 0.29) is 88.4 Å². The number of fused-ring (bicyclic) bond motifs is 3. The Hall–Kier alpha value is -9.90. The summed E-state index contributed by atoms with van der Waals surface area (Å²) in [5, 5.41) is 22.2.